The van der Waals surface area contributed by atoms with Gasteiger partial charge in [-0.25, -0.2) is 0 Å². The molecule has 0 N–H and O–H groups in total. The summed E-state index contributed by atoms with van der Waals surface area (Å²) in [6.45, 7) is 2.41. The number of hydrogen-bond donors (Lipinski definition) is 0. The number of hydrogen-bond acceptors (Lipinski definition) is 5. The van der Waals surface area contributed by atoms with Crippen LogP contribution in [0.25, 0.3) is 0 Å². The third-order valence-electron chi connectivity index (χ3n) is 2.82. The molecule has 0 radical (unpaired) electrons. The summed E-state index contributed by atoms with van der Waals surface area (Å²) in [7, 11) is 3.25. The second-order valence-electron chi connectivity index (χ2n) is 4.22. The van der Waals surface area contributed by atoms with Crippen LogP contribution in [-0.2, 0) is 9.47 Å². The molecule has 0 unspecified atom stereocenters. The molecule has 7 heteroatoms. The van der Waals surface area contributed by atoms with Gasteiger partial charge in [0.05, 0.1) is 11.5 Å². The van der Waals surface area contributed by atoms with Crippen molar-refractivity contribution in [2.45, 2.75) is 6.42 Å². The number of ether oxygens (including phenoxy) is 2. The Morgan fingerprint density at radius 3 is 2.55 bits per heavy atom. The molecular formula is C13H19BrN2O4. The number of methoxy groups -OCH3 is 2. The highest BCUT2D eigenvalue weighted by molar-refractivity contribution is 9.10. The fourth-order valence-corrected chi connectivity index (χ4v) is 2.21. The standard InChI is InChI=1S/C13H19BrN2O4/c1-19-8-3-6-15(7-9-20-2)12-5-4-11(14)10-13(12)16(17)18/h4-5,10H,3,6-9H2,1-2H3. The number of benzene rings is 1. The normalized spacial score (nSPS) is 10.6. The maximum absolute atomic E-state index is 11.2. The monoisotopic (exact) mass is 346 g/mol. The summed E-state index contributed by atoms with van der Waals surface area (Å²) in [5.74, 6) is 0. The SMILES string of the molecule is COCCCN(CCOC)c1ccc(Br)cc1[N+](=O)[O-]. The van der Waals surface area contributed by atoms with Crippen molar-refractivity contribution in [2.75, 3.05) is 45.4 Å². The molecule has 0 fully saturated rings. The van der Waals surface area contributed by atoms with Gasteiger partial charge in [0.25, 0.3) is 5.69 Å². The minimum Gasteiger partial charge on any atom is -0.385 e. The largest absolute Gasteiger partial charge is 0.385 e. The molecule has 0 spiro atoms. The molecule has 0 amide bonds. The van der Waals surface area contributed by atoms with Crippen molar-refractivity contribution < 1.29 is 14.4 Å². The van der Waals surface area contributed by atoms with E-state index in [2.05, 4.69) is 15.9 Å². The highest BCUT2D eigenvalue weighted by Crippen LogP contribution is 2.31. The molecule has 0 aromatic heterocycles. The van der Waals surface area contributed by atoms with Gasteiger partial charge >= 0.3 is 0 Å². The molecule has 0 bridgehead atoms. The lowest BCUT2D eigenvalue weighted by Gasteiger charge is -2.24. The van der Waals surface area contributed by atoms with Crippen LogP contribution >= 0.6 is 15.9 Å². The predicted molar refractivity (Wildman–Crippen MR) is 81.4 cm³/mol. The summed E-state index contributed by atoms with van der Waals surface area (Å²) in [4.78, 5) is 12.8. The maximum atomic E-state index is 11.2. The Morgan fingerprint density at radius 1 is 1.25 bits per heavy atom. The second-order valence-corrected chi connectivity index (χ2v) is 5.13. The van der Waals surface area contributed by atoms with Gasteiger partial charge in [-0.15, -0.1) is 0 Å². The molecule has 1 rings (SSSR count). The van der Waals surface area contributed by atoms with E-state index in [-0.39, 0.29) is 10.6 Å². The highest BCUT2D eigenvalue weighted by Gasteiger charge is 2.19. The van der Waals surface area contributed by atoms with Crippen molar-refractivity contribution in [3.8, 4) is 0 Å². The van der Waals surface area contributed by atoms with Gasteiger partial charge in [-0.05, 0) is 18.6 Å². The van der Waals surface area contributed by atoms with Gasteiger partial charge in [-0.2, -0.15) is 0 Å². The summed E-state index contributed by atoms with van der Waals surface area (Å²) in [5.41, 5.74) is 0.694. The second kappa shape index (κ2) is 8.89. The van der Waals surface area contributed by atoms with Gasteiger partial charge in [-0.3, -0.25) is 10.1 Å². The van der Waals surface area contributed by atoms with Gasteiger partial charge < -0.3 is 14.4 Å². The Bertz CT molecular complexity index is 442. The summed E-state index contributed by atoms with van der Waals surface area (Å²) < 4.78 is 10.8. The molecule has 0 saturated carbocycles. The van der Waals surface area contributed by atoms with Crippen molar-refractivity contribution in [1.82, 2.24) is 0 Å². The van der Waals surface area contributed by atoms with Crippen molar-refractivity contribution in [2.24, 2.45) is 0 Å². The van der Waals surface area contributed by atoms with Gasteiger partial charge in [0.1, 0.15) is 5.69 Å². The quantitative estimate of drug-likeness (QED) is 0.390. The first-order valence-electron chi connectivity index (χ1n) is 6.27. The van der Waals surface area contributed by atoms with Gasteiger partial charge in [0.2, 0.25) is 0 Å². The molecule has 0 heterocycles. The van der Waals surface area contributed by atoms with E-state index in [1.165, 1.54) is 6.07 Å². The molecule has 0 aliphatic heterocycles. The lowest BCUT2D eigenvalue weighted by Crippen LogP contribution is -2.29. The molecule has 20 heavy (non-hydrogen) atoms. The summed E-state index contributed by atoms with van der Waals surface area (Å²) >= 11 is 3.26. The number of anilines is 1. The fraction of sp³-hybridized carbons (Fsp3) is 0.538. The molecular weight excluding hydrogens is 328 g/mol. The Labute approximate surface area is 126 Å². The Morgan fingerprint density at radius 2 is 1.95 bits per heavy atom. The summed E-state index contributed by atoms with van der Waals surface area (Å²) in [6, 6.07) is 5.08. The Balaban J connectivity index is 2.95. The van der Waals surface area contributed by atoms with Crippen LogP contribution in [0.4, 0.5) is 11.4 Å². The molecule has 1 aromatic carbocycles. The summed E-state index contributed by atoms with van der Waals surface area (Å²) in [6.07, 6.45) is 0.799. The van der Waals surface area contributed by atoms with Crippen molar-refractivity contribution in [3.63, 3.8) is 0 Å². The van der Waals surface area contributed by atoms with Gasteiger partial charge in [0.15, 0.2) is 0 Å². The van der Waals surface area contributed by atoms with Crippen LogP contribution in [0.5, 0.6) is 0 Å². The molecule has 112 valence electrons. The first-order valence-corrected chi connectivity index (χ1v) is 7.06. The summed E-state index contributed by atoms with van der Waals surface area (Å²) in [5, 5.41) is 11.2. The third kappa shape index (κ3) is 5.07. The molecule has 0 saturated heterocycles. The van der Waals surface area contributed by atoms with Crippen LogP contribution in [0.1, 0.15) is 6.42 Å². The van der Waals surface area contributed by atoms with E-state index in [1.807, 2.05) is 4.90 Å². The van der Waals surface area contributed by atoms with E-state index in [4.69, 9.17) is 9.47 Å². The number of nitro groups is 1. The van der Waals surface area contributed by atoms with E-state index in [9.17, 15) is 10.1 Å². The predicted octanol–water partition coefficient (Wildman–Crippen LogP) is 2.85. The first kappa shape index (κ1) is 16.9. The third-order valence-corrected chi connectivity index (χ3v) is 3.31. The Kier molecular flexibility index (Phi) is 7.50. The lowest BCUT2D eigenvalue weighted by atomic mass is 10.2. The lowest BCUT2D eigenvalue weighted by molar-refractivity contribution is -0.384. The topological polar surface area (TPSA) is 64.8 Å². The Hall–Kier alpha value is -1.18. The number of halogens is 1. The zero-order chi connectivity index (χ0) is 15.0. The van der Waals surface area contributed by atoms with Crippen molar-refractivity contribution in [1.29, 1.82) is 0 Å². The van der Waals surface area contributed by atoms with E-state index < -0.39 is 0 Å². The zero-order valence-electron chi connectivity index (χ0n) is 11.7. The van der Waals surface area contributed by atoms with Crippen molar-refractivity contribution in [3.05, 3.63) is 32.8 Å². The molecule has 1 aromatic rings. The smallest absolute Gasteiger partial charge is 0.293 e. The van der Waals surface area contributed by atoms with Crippen LogP contribution in [0.3, 0.4) is 0 Å². The average Bonchev–Trinajstić information content (AvgIpc) is 2.43. The number of rotatable bonds is 9. The number of nitro benzene ring substituents is 1. The number of nitrogens with zero attached hydrogens (tertiary/aromatic N) is 2. The zero-order valence-corrected chi connectivity index (χ0v) is 13.3. The fourth-order valence-electron chi connectivity index (χ4n) is 1.86. The van der Waals surface area contributed by atoms with E-state index >= 15 is 0 Å². The highest BCUT2D eigenvalue weighted by atomic mass is 79.9. The van der Waals surface area contributed by atoms with Crippen LogP contribution in [-0.4, -0.2) is 45.4 Å². The molecule has 6 nitrogen and oxygen atoms in total. The van der Waals surface area contributed by atoms with Crippen LogP contribution < -0.4 is 4.90 Å². The van der Waals surface area contributed by atoms with Crippen LogP contribution in [0, 0.1) is 10.1 Å². The van der Waals surface area contributed by atoms with E-state index in [1.54, 1.807) is 26.4 Å². The maximum Gasteiger partial charge on any atom is 0.293 e. The minimum absolute atomic E-state index is 0.0906. The van der Waals surface area contributed by atoms with E-state index in [0.29, 0.717) is 36.5 Å². The minimum atomic E-state index is -0.365. The van der Waals surface area contributed by atoms with Crippen LogP contribution in [0.2, 0.25) is 0 Å². The van der Waals surface area contributed by atoms with Crippen molar-refractivity contribution >= 4 is 27.3 Å². The van der Waals surface area contributed by atoms with E-state index in [0.717, 1.165) is 6.42 Å². The van der Waals surface area contributed by atoms with Crippen LogP contribution in [0.15, 0.2) is 22.7 Å². The first-order chi connectivity index (χ1) is 9.60. The van der Waals surface area contributed by atoms with Gasteiger partial charge in [-0.1, -0.05) is 15.9 Å². The molecule has 0 aliphatic rings. The van der Waals surface area contributed by atoms with Gasteiger partial charge in [0, 0.05) is 44.5 Å². The molecule has 0 aliphatic carbocycles. The molecule has 0 atom stereocenters. The average molecular weight is 347 g/mol.